The Morgan fingerprint density at radius 2 is 2.15 bits per heavy atom. The Kier molecular flexibility index (Phi) is 4.15. The second kappa shape index (κ2) is 5.17. The van der Waals surface area contributed by atoms with Crippen LogP contribution >= 0.6 is 12.4 Å². The van der Waals surface area contributed by atoms with E-state index in [-0.39, 0.29) is 18.6 Å². The maximum absolute atomic E-state index is 5.53. The zero-order chi connectivity index (χ0) is 8.23. The first-order chi connectivity index (χ1) is 5.97. The predicted molar refractivity (Wildman–Crippen MR) is 52.8 cm³/mol. The van der Waals surface area contributed by atoms with E-state index in [9.17, 15) is 0 Å². The second-order valence-electron chi connectivity index (χ2n) is 2.84. The highest BCUT2D eigenvalue weighted by atomic mass is 35.5. The minimum Gasteiger partial charge on any atom is -0.359 e. The van der Waals surface area contributed by atoms with Gasteiger partial charge in [0.1, 0.15) is 6.23 Å². The van der Waals surface area contributed by atoms with Crippen LogP contribution in [0.2, 0.25) is 0 Å². The summed E-state index contributed by atoms with van der Waals surface area (Å²) in [6.07, 6.45) is 4.74. The summed E-state index contributed by atoms with van der Waals surface area (Å²) in [5.41, 5.74) is 1.16. The van der Waals surface area contributed by atoms with Gasteiger partial charge in [-0.2, -0.15) is 0 Å². The number of aromatic nitrogens is 1. The van der Waals surface area contributed by atoms with Crippen LogP contribution in [0.1, 0.15) is 18.2 Å². The first kappa shape index (κ1) is 10.4. The van der Waals surface area contributed by atoms with Crippen molar-refractivity contribution >= 4 is 12.4 Å². The molecule has 1 aromatic rings. The molecule has 0 amide bonds. The Balaban J connectivity index is 0.000000845. The second-order valence-corrected chi connectivity index (χ2v) is 2.84. The molecule has 4 heteroatoms. The third kappa shape index (κ3) is 2.66. The minimum absolute atomic E-state index is 0. The topological polar surface area (TPSA) is 34.1 Å². The smallest absolute Gasteiger partial charge is 0.134 e. The quantitative estimate of drug-likeness (QED) is 0.747. The maximum Gasteiger partial charge on any atom is 0.134 e. The molecule has 1 saturated heterocycles. The number of pyridine rings is 1. The van der Waals surface area contributed by atoms with Crippen LogP contribution in [0.4, 0.5) is 0 Å². The van der Waals surface area contributed by atoms with Crippen molar-refractivity contribution in [2.75, 3.05) is 13.2 Å². The SMILES string of the molecule is Cl.c1cc(C2NCCCO2)ccn1. The zero-order valence-corrected chi connectivity index (χ0v) is 8.09. The molecule has 1 aromatic heterocycles. The molecule has 0 radical (unpaired) electrons. The molecule has 1 atom stereocenters. The van der Waals surface area contributed by atoms with Crippen LogP contribution in [0.25, 0.3) is 0 Å². The van der Waals surface area contributed by atoms with Crippen molar-refractivity contribution in [2.45, 2.75) is 12.6 Å². The molecule has 3 nitrogen and oxygen atoms in total. The first-order valence-corrected chi connectivity index (χ1v) is 4.22. The molecule has 0 saturated carbocycles. The lowest BCUT2D eigenvalue weighted by Gasteiger charge is -2.24. The van der Waals surface area contributed by atoms with Gasteiger partial charge < -0.3 is 4.74 Å². The van der Waals surface area contributed by atoms with Crippen molar-refractivity contribution < 1.29 is 4.74 Å². The number of hydrogen-bond acceptors (Lipinski definition) is 3. The molecule has 2 heterocycles. The van der Waals surface area contributed by atoms with Crippen LogP contribution in [0.5, 0.6) is 0 Å². The van der Waals surface area contributed by atoms with Gasteiger partial charge in [0.2, 0.25) is 0 Å². The summed E-state index contributed by atoms with van der Waals surface area (Å²) >= 11 is 0. The largest absolute Gasteiger partial charge is 0.359 e. The molecule has 1 aliphatic rings. The Morgan fingerprint density at radius 1 is 1.38 bits per heavy atom. The molecule has 13 heavy (non-hydrogen) atoms. The summed E-state index contributed by atoms with van der Waals surface area (Å²) in [6, 6.07) is 3.95. The van der Waals surface area contributed by atoms with Crippen LogP contribution in [0, 0.1) is 0 Å². The van der Waals surface area contributed by atoms with Crippen molar-refractivity contribution in [1.29, 1.82) is 0 Å². The van der Waals surface area contributed by atoms with E-state index in [1.54, 1.807) is 12.4 Å². The summed E-state index contributed by atoms with van der Waals surface area (Å²) in [6.45, 7) is 1.88. The van der Waals surface area contributed by atoms with Crippen molar-refractivity contribution in [3.05, 3.63) is 30.1 Å². The number of nitrogens with one attached hydrogen (secondary N) is 1. The van der Waals surface area contributed by atoms with E-state index in [1.165, 1.54) is 0 Å². The van der Waals surface area contributed by atoms with Gasteiger partial charge >= 0.3 is 0 Å². The van der Waals surface area contributed by atoms with Gasteiger partial charge in [0.15, 0.2) is 0 Å². The standard InChI is InChI=1S/C9H12N2O.ClH/c1-4-11-9(12-7-1)8-2-5-10-6-3-8;/h2-3,5-6,9,11H,1,4,7H2;1H. The average Bonchev–Trinajstić information content (AvgIpc) is 2.21. The van der Waals surface area contributed by atoms with E-state index in [4.69, 9.17) is 4.74 Å². The molecule has 1 N–H and O–H groups in total. The molecule has 1 aliphatic heterocycles. The fourth-order valence-corrected chi connectivity index (χ4v) is 1.32. The van der Waals surface area contributed by atoms with Crippen LogP contribution in [-0.2, 0) is 4.74 Å². The molecule has 72 valence electrons. The number of nitrogens with zero attached hydrogens (tertiary/aromatic N) is 1. The highest BCUT2D eigenvalue weighted by Gasteiger charge is 2.13. The summed E-state index contributed by atoms with van der Waals surface area (Å²) in [7, 11) is 0. The summed E-state index contributed by atoms with van der Waals surface area (Å²) < 4.78 is 5.53. The average molecular weight is 201 g/mol. The van der Waals surface area contributed by atoms with Gasteiger partial charge in [-0.3, -0.25) is 10.3 Å². The molecule has 1 fully saturated rings. The van der Waals surface area contributed by atoms with Crippen molar-refractivity contribution in [3.63, 3.8) is 0 Å². The number of rotatable bonds is 1. The normalized spacial score (nSPS) is 22.0. The number of halogens is 1. The van der Waals surface area contributed by atoms with Gasteiger partial charge in [-0.1, -0.05) is 0 Å². The third-order valence-corrected chi connectivity index (χ3v) is 1.94. The van der Waals surface area contributed by atoms with Crippen LogP contribution in [0.15, 0.2) is 24.5 Å². The fourth-order valence-electron chi connectivity index (χ4n) is 1.32. The van der Waals surface area contributed by atoms with Gasteiger partial charge in [0.25, 0.3) is 0 Å². The fraction of sp³-hybridized carbons (Fsp3) is 0.444. The highest BCUT2D eigenvalue weighted by molar-refractivity contribution is 5.85. The lowest BCUT2D eigenvalue weighted by Crippen LogP contribution is -2.31. The van der Waals surface area contributed by atoms with Gasteiger partial charge in [0.05, 0.1) is 6.61 Å². The molecule has 0 spiro atoms. The Labute approximate surface area is 83.9 Å². The minimum atomic E-state index is 0. The van der Waals surface area contributed by atoms with Crippen LogP contribution < -0.4 is 5.32 Å². The highest BCUT2D eigenvalue weighted by Crippen LogP contribution is 2.15. The lowest BCUT2D eigenvalue weighted by molar-refractivity contribution is -0.000360. The molecule has 2 rings (SSSR count). The van der Waals surface area contributed by atoms with Crippen LogP contribution in [0.3, 0.4) is 0 Å². The van der Waals surface area contributed by atoms with Crippen molar-refractivity contribution in [2.24, 2.45) is 0 Å². The van der Waals surface area contributed by atoms with E-state index >= 15 is 0 Å². The first-order valence-electron chi connectivity index (χ1n) is 4.22. The molecule has 1 unspecified atom stereocenters. The van der Waals surface area contributed by atoms with E-state index in [0.29, 0.717) is 0 Å². The van der Waals surface area contributed by atoms with Crippen LogP contribution in [-0.4, -0.2) is 18.1 Å². The van der Waals surface area contributed by atoms with E-state index in [1.807, 2.05) is 12.1 Å². The van der Waals surface area contributed by atoms with E-state index in [0.717, 1.165) is 25.1 Å². The Morgan fingerprint density at radius 3 is 2.77 bits per heavy atom. The monoisotopic (exact) mass is 200 g/mol. The Hall–Kier alpha value is -0.640. The third-order valence-electron chi connectivity index (χ3n) is 1.94. The van der Waals surface area contributed by atoms with Crippen molar-refractivity contribution in [3.8, 4) is 0 Å². The van der Waals surface area contributed by atoms with E-state index in [2.05, 4.69) is 10.3 Å². The van der Waals surface area contributed by atoms with Gasteiger partial charge in [-0.15, -0.1) is 12.4 Å². The van der Waals surface area contributed by atoms with E-state index < -0.39 is 0 Å². The molecular formula is C9H13ClN2O. The zero-order valence-electron chi connectivity index (χ0n) is 7.27. The summed E-state index contributed by atoms with van der Waals surface area (Å²) in [5.74, 6) is 0. The molecular weight excluding hydrogens is 188 g/mol. The van der Waals surface area contributed by atoms with Gasteiger partial charge in [-0.05, 0) is 24.1 Å². The molecule has 0 bridgehead atoms. The van der Waals surface area contributed by atoms with Crippen molar-refractivity contribution in [1.82, 2.24) is 10.3 Å². The number of hydrogen-bond donors (Lipinski definition) is 1. The molecule has 0 aliphatic carbocycles. The summed E-state index contributed by atoms with van der Waals surface area (Å²) in [5, 5.41) is 3.29. The molecule has 0 aromatic carbocycles. The summed E-state index contributed by atoms with van der Waals surface area (Å²) in [4.78, 5) is 3.96. The Bertz CT molecular complexity index is 237. The maximum atomic E-state index is 5.53. The predicted octanol–water partition coefficient (Wildman–Crippen LogP) is 1.51. The van der Waals surface area contributed by atoms with Gasteiger partial charge in [0, 0.05) is 18.9 Å². The number of ether oxygens (including phenoxy) is 1. The van der Waals surface area contributed by atoms with Gasteiger partial charge in [-0.25, -0.2) is 0 Å². The lowest BCUT2D eigenvalue weighted by atomic mass is 10.2.